The van der Waals surface area contributed by atoms with E-state index in [0.29, 0.717) is 36.1 Å². The third-order valence-electron chi connectivity index (χ3n) is 3.78. The van der Waals surface area contributed by atoms with Gasteiger partial charge in [0.25, 0.3) is 5.89 Å². The smallest absolute Gasteiger partial charge is 0.321 e. The van der Waals surface area contributed by atoms with Crippen molar-refractivity contribution in [1.29, 1.82) is 0 Å². The number of nitrogens with one attached hydrogen (secondary N) is 1. The van der Waals surface area contributed by atoms with E-state index in [0.717, 1.165) is 4.47 Å². The van der Waals surface area contributed by atoms with Gasteiger partial charge in [0.2, 0.25) is 0 Å². The van der Waals surface area contributed by atoms with E-state index in [-0.39, 0.29) is 18.5 Å². The van der Waals surface area contributed by atoms with E-state index in [1.165, 1.54) is 29.2 Å². The van der Waals surface area contributed by atoms with Gasteiger partial charge in [-0.3, -0.25) is 0 Å². The van der Waals surface area contributed by atoms with Crippen molar-refractivity contribution in [2.45, 2.75) is 13.0 Å². The van der Waals surface area contributed by atoms with Crippen LogP contribution in [0, 0.1) is 5.82 Å². The van der Waals surface area contributed by atoms with Gasteiger partial charge in [0, 0.05) is 30.2 Å². The number of nitrogens with zero attached hydrogens (tertiary/aromatic N) is 3. The van der Waals surface area contributed by atoms with E-state index in [9.17, 15) is 9.18 Å². The fourth-order valence-electron chi connectivity index (χ4n) is 2.28. The van der Waals surface area contributed by atoms with Crippen LogP contribution < -0.4 is 10.1 Å². The third-order valence-corrected chi connectivity index (χ3v) is 4.27. The van der Waals surface area contributed by atoms with Crippen LogP contribution in [0.5, 0.6) is 5.75 Å². The number of carbonyl (C=O) groups is 1. The van der Waals surface area contributed by atoms with Crippen LogP contribution in [0.3, 0.4) is 0 Å². The van der Waals surface area contributed by atoms with Crippen LogP contribution in [-0.4, -0.2) is 34.7 Å². The first-order chi connectivity index (χ1) is 13.5. The van der Waals surface area contributed by atoms with Crippen molar-refractivity contribution in [3.63, 3.8) is 0 Å². The fourth-order valence-corrected chi connectivity index (χ4v) is 2.68. The lowest BCUT2D eigenvalue weighted by Crippen LogP contribution is -2.33. The summed E-state index contributed by atoms with van der Waals surface area (Å²) in [4.78, 5) is 18.0. The van der Waals surface area contributed by atoms with Gasteiger partial charge < -0.3 is 19.5 Å². The van der Waals surface area contributed by atoms with Crippen molar-refractivity contribution in [2.24, 2.45) is 0 Å². The molecular formula is C19H18BrFN4O3. The average Bonchev–Trinajstić information content (AvgIpc) is 3.13. The summed E-state index contributed by atoms with van der Waals surface area (Å²) in [5.41, 5.74) is 0.700. The number of likely N-dealkylation sites (N-methyl/N-ethyl adjacent to an activating group) is 1. The van der Waals surface area contributed by atoms with Gasteiger partial charge >= 0.3 is 6.03 Å². The van der Waals surface area contributed by atoms with E-state index in [1.54, 1.807) is 7.05 Å². The van der Waals surface area contributed by atoms with Gasteiger partial charge in [-0.1, -0.05) is 27.2 Å². The van der Waals surface area contributed by atoms with Gasteiger partial charge in [-0.05, 0) is 42.5 Å². The molecule has 146 valence electrons. The van der Waals surface area contributed by atoms with E-state index in [4.69, 9.17) is 9.26 Å². The summed E-state index contributed by atoms with van der Waals surface area (Å²) in [7, 11) is 1.69. The number of amides is 2. The molecule has 9 heteroatoms. The molecule has 7 nitrogen and oxygen atoms in total. The Labute approximate surface area is 169 Å². The Balaban J connectivity index is 1.45. The van der Waals surface area contributed by atoms with Crippen molar-refractivity contribution >= 4 is 27.6 Å². The number of rotatable bonds is 7. The van der Waals surface area contributed by atoms with Gasteiger partial charge in [-0.2, -0.15) is 4.98 Å². The van der Waals surface area contributed by atoms with Gasteiger partial charge in [0.05, 0.1) is 0 Å². The van der Waals surface area contributed by atoms with E-state index < -0.39 is 0 Å². The number of halogens is 2. The summed E-state index contributed by atoms with van der Waals surface area (Å²) in [6.45, 7) is 0.496. The Morgan fingerprint density at radius 2 is 2.07 bits per heavy atom. The Bertz CT molecular complexity index is 933. The first-order valence-electron chi connectivity index (χ1n) is 8.47. The molecule has 0 radical (unpaired) electrons. The second-order valence-electron chi connectivity index (χ2n) is 5.96. The summed E-state index contributed by atoms with van der Waals surface area (Å²) in [5, 5.41) is 6.69. The van der Waals surface area contributed by atoms with Gasteiger partial charge in [0.1, 0.15) is 11.6 Å². The number of hydrogen-bond donors (Lipinski definition) is 1. The van der Waals surface area contributed by atoms with Crippen molar-refractivity contribution in [2.75, 3.05) is 18.9 Å². The molecule has 0 bridgehead atoms. The molecule has 0 aliphatic heterocycles. The van der Waals surface area contributed by atoms with Crippen LogP contribution in [0.25, 0.3) is 0 Å². The van der Waals surface area contributed by atoms with Crippen LogP contribution in [-0.2, 0) is 13.0 Å². The lowest BCUT2D eigenvalue weighted by atomic mass is 10.3. The number of aromatic nitrogens is 2. The number of anilines is 1. The lowest BCUT2D eigenvalue weighted by Gasteiger charge is -2.17. The largest absolute Gasteiger partial charge is 0.484 e. The van der Waals surface area contributed by atoms with Crippen LogP contribution in [0.15, 0.2) is 57.5 Å². The maximum Gasteiger partial charge on any atom is 0.321 e. The predicted octanol–water partition coefficient (Wildman–Crippen LogP) is 4.26. The van der Waals surface area contributed by atoms with Crippen molar-refractivity contribution < 1.29 is 18.4 Å². The van der Waals surface area contributed by atoms with Crippen LogP contribution >= 0.6 is 15.9 Å². The maximum absolute atomic E-state index is 12.9. The number of urea groups is 1. The Morgan fingerprint density at radius 1 is 1.29 bits per heavy atom. The SMILES string of the molecule is CN(CCc1noc(COc2ccc(F)cc2)n1)C(=O)Nc1cccc(Br)c1. The third kappa shape index (κ3) is 5.78. The number of ether oxygens (including phenoxy) is 1. The normalized spacial score (nSPS) is 10.5. The van der Waals surface area contributed by atoms with Crippen molar-refractivity contribution in [1.82, 2.24) is 15.0 Å². The first-order valence-corrected chi connectivity index (χ1v) is 9.26. The molecule has 2 amide bonds. The molecule has 0 saturated carbocycles. The maximum atomic E-state index is 12.9. The highest BCUT2D eigenvalue weighted by molar-refractivity contribution is 9.10. The molecule has 3 aromatic rings. The predicted molar refractivity (Wildman–Crippen MR) is 105 cm³/mol. The summed E-state index contributed by atoms with van der Waals surface area (Å²) in [6.07, 6.45) is 0.433. The number of benzene rings is 2. The molecule has 0 spiro atoms. The summed E-state index contributed by atoms with van der Waals surface area (Å²) >= 11 is 3.36. The van der Waals surface area contributed by atoms with Crippen molar-refractivity contribution in [3.8, 4) is 5.75 Å². The van der Waals surface area contributed by atoms with Gasteiger partial charge in [0.15, 0.2) is 12.4 Å². The molecule has 1 N–H and O–H groups in total. The molecule has 28 heavy (non-hydrogen) atoms. The minimum Gasteiger partial charge on any atom is -0.484 e. The molecule has 3 rings (SSSR count). The Morgan fingerprint density at radius 3 is 2.82 bits per heavy atom. The van der Waals surface area contributed by atoms with Crippen molar-refractivity contribution in [3.05, 3.63) is 70.5 Å². The summed E-state index contributed by atoms with van der Waals surface area (Å²) in [6, 6.07) is 12.8. The minimum atomic E-state index is -0.333. The second-order valence-corrected chi connectivity index (χ2v) is 6.87. The van der Waals surface area contributed by atoms with Crippen LogP contribution in [0.1, 0.15) is 11.7 Å². The molecular weight excluding hydrogens is 431 g/mol. The zero-order valence-electron chi connectivity index (χ0n) is 15.1. The minimum absolute atomic E-state index is 0.0812. The molecule has 1 heterocycles. The van der Waals surface area contributed by atoms with Crippen LogP contribution in [0.2, 0.25) is 0 Å². The fraction of sp³-hybridized carbons (Fsp3) is 0.211. The first kappa shape index (κ1) is 19.8. The molecule has 0 aliphatic rings. The molecule has 0 aliphatic carbocycles. The Hall–Kier alpha value is -2.94. The number of hydrogen-bond acceptors (Lipinski definition) is 5. The highest BCUT2D eigenvalue weighted by Gasteiger charge is 2.12. The van der Waals surface area contributed by atoms with E-state index in [2.05, 4.69) is 31.4 Å². The van der Waals surface area contributed by atoms with Crippen LogP contribution in [0.4, 0.5) is 14.9 Å². The average molecular weight is 449 g/mol. The molecule has 2 aromatic carbocycles. The monoisotopic (exact) mass is 448 g/mol. The lowest BCUT2D eigenvalue weighted by molar-refractivity contribution is 0.222. The topological polar surface area (TPSA) is 80.5 Å². The highest BCUT2D eigenvalue weighted by atomic mass is 79.9. The summed E-state index contributed by atoms with van der Waals surface area (Å²) in [5.74, 6) is 0.950. The standard InChI is InChI=1S/C19H18BrFN4O3/c1-25(19(26)22-15-4-2-3-13(20)11-15)10-9-17-23-18(28-24-17)12-27-16-7-5-14(21)6-8-16/h2-8,11H,9-10,12H2,1H3,(H,22,26). The van der Waals surface area contributed by atoms with Gasteiger partial charge in [-0.15, -0.1) is 0 Å². The molecule has 0 fully saturated rings. The highest BCUT2D eigenvalue weighted by Crippen LogP contribution is 2.16. The molecule has 1 aromatic heterocycles. The Kier molecular flexibility index (Phi) is 6.59. The summed E-state index contributed by atoms with van der Waals surface area (Å²) < 4.78 is 24.3. The van der Waals surface area contributed by atoms with E-state index in [1.807, 2.05) is 24.3 Å². The van der Waals surface area contributed by atoms with Gasteiger partial charge in [-0.25, -0.2) is 9.18 Å². The second kappa shape index (κ2) is 9.32. The molecule has 0 atom stereocenters. The zero-order chi connectivity index (χ0) is 19.9. The molecule has 0 unspecified atom stereocenters. The number of carbonyl (C=O) groups excluding carboxylic acids is 1. The zero-order valence-corrected chi connectivity index (χ0v) is 16.6. The molecule has 0 saturated heterocycles. The quantitative estimate of drug-likeness (QED) is 0.583. The van der Waals surface area contributed by atoms with E-state index >= 15 is 0 Å².